The maximum Gasteiger partial charge on any atom is 0.345 e. The Labute approximate surface area is 103 Å². The van der Waals surface area contributed by atoms with E-state index in [0.29, 0.717) is 11.3 Å². The second-order valence-corrected chi connectivity index (χ2v) is 4.34. The van der Waals surface area contributed by atoms with Crippen LogP contribution in [0.3, 0.4) is 0 Å². The summed E-state index contributed by atoms with van der Waals surface area (Å²) < 4.78 is 4.95. The number of aryl methyl sites for hydroxylation is 1. The molecule has 0 aromatic heterocycles. The average Bonchev–Trinajstić information content (AvgIpc) is 2.28. The lowest BCUT2D eigenvalue weighted by molar-refractivity contribution is -0.385. The number of thioether (sulfide) groups is 1. The highest BCUT2D eigenvalue weighted by atomic mass is 32.2. The number of carbonyl (C=O) groups is 1. The summed E-state index contributed by atoms with van der Waals surface area (Å²) in [6.45, 7) is 1.85. The van der Waals surface area contributed by atoms with Crippen LogP contribution >= 0.6 is 11.8 Å². The molecule has 1 rings (SSSR count). The van der Waals surface area contributed by atoms with Crippen molar-refractivity contribution >= 4 is 23.4 Å². The van der Waals surface area contributed by atoms with Crippen LogP contribution in [0.25, 0.3) is 0 Å². The highest BCUT2D eigenvalue weighted by molar-refractivity contribution is 7.98. The fraction of sp³-hybridized carbons (Fsp3) is 0.364. The predicted molar refractivity (Wildman–Crippen MR) is 66.5 cm³/mol. The maximum atomic E-state index is 11.7. The number of hydrogen-bond acceptors (Lipinski definition) is 5. The van der Waals surface area contributed by atoms with Gasteiger partial charge in [-0.05, 0) is 19.2 Å². The minimum absolute atomic E-state index is 0.0103. The molecule has 92 valence electrons. The standard InChI is InChI=1S/C11H13NO4S/c1-8-4-3-5-9(10(8)12(14)15)11(13)16-6-7-17-2/h3-5H,6-7H2,1-2H3. The van der Waals surface area contributed by atoms with E-state index < -0.39 is 10.9 Å². The largest absolute Gasteiger partial charge is 0.461 e. The van der Waals surface area contributed by atoms with Crippen LogP contribution in [0, 0.1) is 17.0 Å². The second-order valence-electron chi connectivity index (χ2n) is 3.36. The van der Waals surface area contributed by atoms with Gasteiger partial charge in [0.15, 0.2) is 0 Å². The lowest BCUT2D eigenvalue weighted by Gasteiger charge is -2.05. The van der Waals surface area contributed by atoms with Crippen LogP contribution in [0.15, 0.2) is 18.2 Å². The number of benzene rings is 1. The summed E-state index contributed by atoms with van der Waals surface area (Å²) >= 11 is 1.54. The molecule has 0 saturated heterocycles. The zero-order valence-electron chi connectivity index (χ0n) is 9.63. The molecule has 0 bridgehead atoms. The van der Waals surface area contributed by atoms with Gasteiger partial charge < -0.3 is 4.74 Å². The molecule has 1 aromatic carbocycles. The Morgan fingerprint density at radius 3 is 2.82 bits per heavy atom. The number of ether oxygens (including phenoxy) is 1. The van der Waals surface area contributed by atoms with Gasteiger partial charge in [0.05, 0.1) is 4.92 Å². The number of para-hydroxylation sites is 1. The van der Waals surface area contributed by atoms with Crippen molar-refractivity contribution in [1.82, 2.24) is 0 Å². The van der Waals surface area contributed by atoms with Gasteiger partial charge in [0, 0.05) is 11.3 Å². The van der Waals surface area contributed by atoms with Crippen LogP contribution < -0.4 is 0 Å². The van der Waals surface area contributed by atoms with Crippen molar-refractivity contribution in [1.29, 1.82) is 0 Å². The SMILES string of the molecule is CSCCOC(=O)c1cccc(C)c1[N+](=O)[O-]. The molecule has 0 unspecified atom stereocenters. The molecule has 6 heteroatoms. The molecular formula is C11H13NO4S. The first-order valence-electron chi connectivity index (χ1n) is 4.98. The number of nitrogens with zero attached hydrogens (tertiary/aromatic N) is 1. The molecule has 0 radical (unpaired) electrons. The Kier molecular flexibility index (Phi) is 4.96. The molecule has 0 atom stereocenters. The Balaban J connectivity index is 2.93. The zero-order chi connectivity index (χ0) is 12.8. The number of nitro groups is 1. The molecule has 0 aliphatic rings. The molecule has 0 spiro atoms. The lowest BCUT2D eigenvalue weighted by atomic mass is 10.1. The second kappa shape index (κ2) is 6.24. The van der Waals surface area contributed by atoms with Crippen LogP contribution in [0.2, 0.25) is 0 Å². The van der Waals surface area contributed by atoms with Crippen molar-refractivity contribution in [2.24, 2.45) is 0 Å². The van der Waals surface area contributed by atoms with E-state index in [1.54, 1.807) is 30.8 Å². The van der Waals surface area contributed by atoms with Crippen molar-refractivity contribution in [2.45, 2.75) is 6.92 Å². The molecule has 0 amide bonds. The highest BCUT2D eigenvalue weighted by Crippen LogP contribution is 2.23. The molecule has 1 aromatic rings. The number of carbonyl (C=O) groups excluding carboxylic acids is 1. The van der Waals surface area contributed by atoms with E-state index in [4.69, 9.17) is 4.74 Å². The maximum absolute atomic E-state index is 11.7. The van der Waals surface area contributed by atoms with Gasteiger partial charge in [-0.1, -0.05) is 12.1 Å². The van der Waals surface area contributed by atoms with Gasteiger partial charge in [-0.3, -0.25) is 10.1 Å². The quantitative estimate of drug-likeness (QED) is 0.350. The minimum Gasteiger partial charge on any atom is -0.461 e. The third kappa shape index (κ3) is 3.45. The summed E-state index contributed by atoms with van der Waals surface area (Å²) in [5.74, 6) is 0.0279. The smallest absolute Gasteiger partial charge is 0.345 e. The summed E-state index contributed by atoms with van der Waals surface area (Å²) in [6, 6.07) is 4.61. The van der Waals surface area contributed by atoms with E-state index in [0.717, 1.165) is 0 Å². The average molecular weight is 255 g/mol. The topological polar surface area (TPSA) is 69.4 Å². The van der Waals surface area contributed by atoms with Crippen molar-refractivity contribution < 1.29 is 14.5 Å². The van der Waals surface area contributed by atoms with Crippen LogP contribution in [0.4, 0.5) is 5.69 Å². The van der Waals surface area contributed by atoms with Crippen molar-refractivity contribution in [3.8, 4) is 0 Å². The molecule has 0 fully saturated rings. The van der Waals surface area contributed by atoms with E-state index in [-0.39, 0.29) is 17.9 Å². The van der Waals surface area contributed by atoms with E-state index in [2.05, 4.69) is 0 Å². The van der Waals surface area contributed by atoms with E-state index >= 15 is 0 Å². The summed E-state index contributed by atoms with van der Waals surface area (Å²) in [7, 11) is 0. The van der Waals surface area contributed by atoms with Crippen molar-refractivity contribution in [3.63, 3.8) is 0 Å². The number of nitro benzene ring substituents is 1. The van der Waals surface area contributed by atoms with Gasteiger partial charge in [0.2, 0.25) is 0 Å². The van der Waals surface area contributed by atoms with E-state index in [1.165, 1.54) is 6.07 Å². The Hall–Kier alpha value is -1.56. The molecule has 0 N–H and O–H groups in total. The first kappa shape index (κ1) is 13.5. The Morgan fingerprint density at radius 1 is 1.53 bits per heavy atom. The van der Waals surface area contributed by atoms with Crippen LogP contribution in [0.1, 0.15) is 15.9 Å². The first-order chi connectivity index (χ1) is 8.07. The van der Waals surface area contributed by atoms with Crippen LogP contribution in [-0.4, -0.2) is 29.5 Å². The fourth-order valence-electron chi connectivity index (χ4n) is 1.36. The van der Waals surface area contributed by atoms with Gasteiger partial charge in [-0.2, -0.15) is 11.8 Å². The summed E-state index contributed by atoms with van der Waals surface area (Å²) in [5.41, 5.74) is 0.284. The van der Waals surface area contributed by atoms with Gasteiger partial charge in [-0.15, -0.1) is 0 Å². The van der Waals surface area contributed by atoms with Gasteiger partial charge in [0.1, 0.15) is 12.2 Å². The molecule has 5 nitrogen and oxygen atoms in total. The molecular weight excluding hydrogens is 242 g/mol. The minimum atomic E-state index is -0.644. The summed E-state index contributed by atoms with van der Waals surface area (Å²) in [6.07, 6.45) is 1.89. The predicted octanol–water partition coefficient (Wildman–Crippen LogP) is 2.42. The first-order valence-corrected chi connectivity index (χ1v) is 6.37. The van der Waals surface area contributed by atoms with Crippen molar-refractivity contribution in [2.75, 3.05) is 18.6 Å². The van der Waals surface area contributed by atoms with Gasteiger partial charge in [0.25, 0.3) is 5.69 Å². The third-order valence-electron chi connectivity index (χ3n) is 2.16. The lowest BCUT2D eigenvalue weighted by Crippen LogP contribution is -2.11. The molecule has 0 saturated carbocycles. The number of rotatable bonds is 5. The van der Waals surface area contributed by atoms with Crippen LogP contribution in [0.5, 0.6) is 0 Å². The zero-order valence-corrected chi connectivity index (χ0v) is 10.5. The van der Waals surface area contributed by atoms with Crippen molar-refractivity contribution in [3.05, 3.63) is 39.4 Å². The molecule has 0 aliphatic heterocycles. The molecule has 0 heterocycles. The fourth-order valence-corrected chi connectivity index (χ4v) is 1.61. The molecule has 17 heavy (non-hydrogen) atoms. The monoisotopic (exact) mass is 255 g/mol. The third-order valence-corrected chi connectivity index (χ3v) is 2.74. The summed E-state index contributed by atoms with van der Waals surface area (Å²) in [5, 5.41) is 10.9. The highest BCUT2D eigenvalue weighted by Gasteiger charge is 2.23. The molecule has 0 aliphatic carbocycles. The van der Waals surface area contributed by atoms with E-state index in [9.17, 15) is 14.9 Å². The Bertz CT molecular complexity index is 433. The Morgan fingerprint density at radius 2 is 2.24 bits per heavy atom. The van der Waals surface area contributed by atoms with E-state index in [1.807, 2.05) is 6.26 Å². The van der Waals surface area contributed by atoms with Crippen LogP contribution in [-0.2, 0) is 4.74 Å². The number of hydrogen-bond donors (Lipinski definition) is 0. The number of esters is 1. The summed E-state index contributed by atoms with van der Waals surface area (Å²) in [4.78, 5) is 22.0. The van der Waals surface area contributed by atoms with Gasteiger partial charge >= 0.3 is 5.97 Å². The normalized spacial score (nSPS) is 10.0. The van der Waals surface area contributed by atoms with Gasteiger partial charge in [-0.25, -0.2) is 4.79 Å².